The third kappa shape index (κ3) is 3.74. The Bertz CT molecular complexity index is 944. The molecular formula is C20H20N2O4. The first kappa shape index (κ1) is 17.7. The van der Waals surface area contributed by atoms with Crippen molar-refractivity contribution in [3.8, 4) is 0 Å². The highest BCUT2D eigenvalue weighted by atomic mass is 16.5. The van der Waals surface area contributed by atoms with Crippen LogP contribution >= 0.6 is 0 Å². The van der Waals surface area contributed by atoms with Crippen molar-refractivity contribution in [1.82, 2.24) is 4.98 Å². The lowest BCUT2D eigenvalue weighted by Crippen LogP contribution is -2.30. The number of esters is 1. The topological polar surface area (TPSA) is 72.6 Å². The minimum Gasteiger partial charge on any atom is -0.456 e. The van der Waals surface area contributed by atoms with Gasteiger partial charge in [0.25, 0.3) is 5.91 Å². The van der Waals surface area contributed by atoms with Crippen molar-refractivity contribution in [3.63, 3.8) is 0 Å². The molecule has 3 aromatic rings. The average Bonchev–Trinajstić information content (AvgIpc) is 3.03. The van der Waals surface area contributed by atoms with Crippen LogP contribution in [-0.2, 0) is 20.7 Å². The summed E-state index contributed by atoms with van der Waals surface area (Å²) in [5.74, 6) is -0.958. The fourth-order valence-electron chi connectivity index (χ4n) is 2.59. The summed E-state index contributed by atoms with van der Waals surface area (Å²) in [7, 11) is 0. The van der Waals surface area contributed by atoms with E-state index in [4.69, 9.17) is 9.15 Å². The van der Waals surface area contributed by atoms with Crippen LogP contribution in [-0.4, -0.2) is 23.5 Å². The van der Waals surface area contributed by atoms with Crippen LogP contribution in [0.5, 0.6) is 0 Å². The number of anilines is 2. The van der Waals surface area contributed by atoms with Gasteiger partial charge in [-0.2, -0.15) is 4.98 Å². The fourth-order valence-corrected chi connectivity index (χ4v) is 2.59. The predicted octanol–water partition coefficient (Wildman–Crippen LogP) is 3.93. The van der Waals surface area contributed by atoms with Gasteiger partial charge in [-0.3, -0.25) is 9.59 Å². The van der Waals surface area contributed by atoms with Gasteiger partial charge >= 0.3 is 12.0 Å². The van der Waals surface area contributed by atoms with E-state index in [1.54, 1.807) is 0 Å². The van der Waals surface area contributed by atoms with Gasteiger partial charge < -0.3 is 9.15 Å². The molecule has 0 radical (unpaired) electrons. The highest BCUT2D eigenvalue weighted by Gasteiger charge is 2.24. The molecule has 134 valence electrons. The van der Waals surface area contributed by atoms with E-state index in [0.29, 0.717) is 16.8 Å². The molecule has 0 N–H and O–H groups in total. The lowest BCUT2D eigenvalue weighted by atomic mass is 10.1. The van der Waals surface area contributed by atoms with Crippen LogP contribution in [0.2, 0.25) is 0 Å². The molecule has 1 amide bonds. The van der Waals surface area contributed by atoms with E-state index in [9.17, 15) is 9.59 Å². The smallest absolute Gasteiger partial charge is 0.310 e. The molecule has 1 heterocycles. The van der Waals surface area contributed by atoms with Gasteiger partial charge in [-0.15, -0.1) is 0 Å². The van der Waals surface area contributed by atoms with E-state index in [2.05, 4.69) is 11.9 Å². The number of rotatable bonds is 5. The Morgan fingerprint density at radius 1 is 1.15 bits per heavy atom. The number of benzene rings is 2. The zero-order valence-electron chi connectivity index (χ0n) is 15.0. The van der Waals surface area contributed by atoms with Crippen molar-refractivity contribution in [2.45, 2.75) is 27.2 Å². The van der Waals surface area contributed by atoms with Crippen molar-refractivity contribution < 1.29 is 18.7 Å². The van der Waals surface area contributed by atoms with E-state index in [1.807, 2.05) is 49.4 Å². The third-order valence-electron chi connectivity index (χ3n) is 3.97. The van der Waals surface area contributed by atoms with Gasteiger partial charge in [-0.05, 0) is 48.7 Å². The highest BCUT2D eigenvalue weighted by molar-refractivity contribution is 6.00. The minimum absolute atomic E-state index is 0.145. The second-order valence-corrected chi connectivity index (χ2v) is 6.00. The number of aromatic nitrogens is 1. The maximum atomic E-state index is 12.7. The van der Waals surface area contributed by atoms with E-state index < -0.39 is 11.9 Å². The normalized spacial score (nSPS) is 10.7. The number of aryl methyl sites for hydroxylation is 2. The molecule has 2 aromatic carbocycles. The second kappa shape index (κ2) is 7.39. The van der Waals surface area contributed by atoms with E-state index in [0.717, 1.165) is 17.5 Å². The van der Waals surface area contributed by atoms with E-state index in [1.165, 1.54) is 11.8 Å². The molecule has 0 aliphatic carbocycles. The number of carbonyl (C=O) groups excluding carboxylic acids is 2. The quantitative estimate of drug-likeness (QED) is 0.651. The molecule has 0 unspecified atom stereocenters. The third-order valence-corrected chi connectivity index (χ3v) is 3.97. The molecule has 6 heteroatoms. The van der Waals surface area contributed by atoms with Crippen LogP contribution in [0.3, 0.4) is 0 Å². The fraction of sp³-hybridized carbons (Fsp3) is 0.250. The molecule has 3 rings (SSSR count). The molecule has 0 atom stereocenters. The summed E-state index contributed by atoms with van der Waals surface area (Å²) in [6.07, 6.45) is 0.893. The van der Waals surface area contributed by atoms with E-state index >= 15 is 0 Å². The number of fused-ring (bicyclic) bond motifs is 1. The summed E-state index contributed by atoms with van der Waals surface area (Å²) < 4.78 is 10.6. The zero-order valence-corrected chi connectivity index (χ0v) is 15.0. The van der Waals surface area contributed by atoms with Gasteiger partial charge in [-0.1, -0.05) is 25.1 Å². The van der Waals surface area contributed by atoms with Crippen molar-refractivity contribution in [3.05, 3.63) is 53.6 Å². The first-order chi connectivity index (χ1) is 12.5. The van der Waals surface area contributed by atoms with Gasteiger partial charge in [-0.25, -0.2) is 4.90 Å². The van der Waals surface area contributed by atoms with Crippen LogP contribution in [0.25, 0.3) is 11.1 Å². The summed E-state index contributed by atoms with van der Waals surface area (Å²) >= 11 is 0. The predicted molar refractivity (Wildman–Crippen MR) is 98.3 cm³/mol. The average molecular weight is 352 g/mol. The van der Waals surface area contributed by atoms with Crippen LogP contribution in [0.1, 0.15) is 25.0 Å². The number of ether oxygens (including phenoxy) is 1. The van der Waals surface area contributed by atoms with Crippen LogP contribution < -0.4 is 4.90 Å². The van der Waals surface area contributed by atoms with Gasteiger partial charge in [0.2, 0.25) is 0 Å². The molecule has 0 aliphatic heterocycles. The summed E-state index contributed by atoms with van der Waals surface area (Å²) in [6, 6.07) is 13.3. The second-order valence-electron chi connectivity index (χ2n) is 6.00. The number of amides is 1. The Morgan fingerprint density at radius 2 is 1.88 bits per heavy atom. The number of nitrogens with zero attached hydrogens (tertiary/aromatic N) is 2. The highest BCUT2D eigenvalue weighted by Crippen LogP contribution is 2.29. The molecule has 1 aromatic heterocycles. The summed E-state index contributed by atoms with van der Waals surface area (Å²) in [6.45, 7) is 4.89. The summed E-state index contributed by atoms with van der Waals surface area (Å²) in [5, 5.41) is 0. The van der Waals surface area contributed by atoms with Crippen molar-refractivity contribution in [2.75, 3.05) is 11.5 Å². The Morgan fingerprint density at radius 3 is 2.54 bits per heavy atom. The maximum absolute atomic E-state index is 12.7. The SMILES string of the molecule is CCc1ccc(N(C(=O)COC(C)=O)c2nc3cc(C)ccc3o2)cc1. The Labute approximate surface area is 151 Å². The van der Waals surface area contributed by atoms with Crippen molar-refractivity contribution in [1.29, 1.82) is 0 Å². The Balaban J connectivity index is 2.02. The van der Waals surface area contributed by atoms with Crippen LogP contribution in [0.15, 0.2) is 46.9 Å². The van der Waals surface area contributed by atoms with Crippen LogP contribution in [0, 0.1) is 6.92 Å². The van der Waals surface area contributed by atoms with Gasteiger partial charge in [0.05, 0.1) is 5.69 Å². The number of hydrogen-bond acceptors (Lipinski definition) is 5. The number of carbonyl (C=O) groups is 2. The number of hydrogen-bond donors (Lipinski definition) is 0. The monoisotopic (exact) mass is 352 g/mol. The van der Waals surface area contributed by atoms with E-state index in [-0.39, 0.29) is 12.6 Å². The lowest BCUT2D eigenvalue weighted by Gasteiger charge is -2.18. The molecule has 0 saturated carbocycles. The van der Waals surface area contributed by atoms with Crippen molar-refractivity contribution in [2.24, 2.45) is 0 Å². The summed E-state index contributed by atoms with van der Waals surface area (Å²) in [4.78, 5) is 29.5. The van der Waals surface area contributed by atoms with Gasteiger partial charge in [0.15, 0.2) is 12.2 Å². The van der Waals surface area contributed by atoms with Gasteiger partial charge in [0.1, 0.15) is 5.52 Å². The molecule has 0 bridgehead atoms. The molecule has 6 nitrogen and oxygen atoms in total. The first-order valence-electron chi connectivity index (χ1n) is 8.40. The van der Waals surface area contributed by atoms with Gasteiger partial charge in [0, 0.05) is 6.92 Å². The van der Waals surface area contributed by atoms with Crippen LogP contribution in [0.4, 0.5) is 11.7 Å². The zero-order chi connectivity index (χ0) is 18.7. The number of oxazole rings is 1. The Hall–Kier alpha value is -3.15. The molecule has 0 saturated heterocycles. The standard InChI is InChI=1S/C20H20N2O4/c1-4-15-6-8-16(9-7-15)22(19(24)12-25-14(3)23)20-21-17-11-13(2)5-10-18(17)26-20/h5-11H,4,12H2,1-3H3. The Kier molecular flexibility index (Phi) is 5.02. The van der Waals surface area contributed by atoms with Crippen molar-refractivity contribution >= 4 is 34.7 Å². The molecule has 26 heavy (non-hydrogen) atoms. The lowest BCUT2D eigenvalue weighted by molar-refractivity contribution is -0.145. The molecule has 0 fully saturated rings. The maximum Gasteiger partial charge on any atom is 0.310 e. The largest absolute Gasteiger partial charge is 0.456 e. The minimum atomic E-state index is -0.521. The first-order valence-corrected chi connectivity index (χ1v) is 8.40. The summed E-state index contributed by atoms with van der Waals surface area (Å²) in [5.41, 5.74) is 4.04. The molecule has 0 aliphatic rings. The molecular weight excluding hydrogens is 332 g/mol. The molecule has 0 spiro atoms.